The van der Waals surface area contributed by atoms with Gasteiger partial charge in [0.25, 0.3) is 0 Å². The first-order chi connectivity index (χ1) is 6.83. The Balaban J connectivity index is 2.76. The van der Waals surface area contributed by atoms with Crippen molar-refractivity contribution < 1.29 is 4.79 Å². The smallest absolute Gasteiger partial charge is 0.230 e. The third-order valence-corrected chi connectivity index (χ3v) is 3.96. The largest absolute Gasteiger partial charge is 0.340 e. The average molecular weight is 212 g/mol. The molecular weight excluding hydrogens is 188 g/mol. The lowest BCUT2D eigenvalue weighted by molar-refractivity contribution is -0.144. The Morgan fingerprint density at radius 3 is 2.53 bits per heavy atom. The SMILES string of the molecule is CCC(C)(C)N(C)C(=O)C1(C)CCNC1. The van der Waals surface area contributed by atoms with Crippen LogP contribution in [0.5, 0.6) is 0 Å². The molecule has 0 bridgehead atoms. The summed E-state index contributed by atoms with van der Waals surface area (Å²) in [6.45, 7) is 10.2. The maximum atomic E-state index is 12.4. The highest BCUT2D eigenvalue weighted by Gasteiger charge is 2.41. The van der Waals surface area contributed by atoms with Gasteiger partial charge in [0, 0.05) is 19.1 Å². The van der Waals surface area contributed by atoms with E-state index in [9.17, 15) is 4.79 Å². The fourth-order valence-electron chi connectivity index (χ4n) is 1.92. The molecule has 0 aliphatic carbocycles. The number of nitrogens with one attached hydrogen (secondary N) is 1. The van der Waals surface area contributed by atoms with E-state index in [1.807, 2.05) is 11.9 Å². The summed E-state index contributed by atoms with van der Waals surface area (Å²) < 4.78 is 0. The van der Waals surface area contributed by atoms with Gasteiger partial charge in [-0.15, -0.1) is 0 Å². The molecule has 0 aromatic rings. The quantitative estimate of drug-likeness (QED) is 0.771. The van der Waals surface area contributed by atoms with Crippen molar-refractivity contribution in [2.75, 3.05) is 20.1 Å². The average Bonchev–Trinajstić information content (AvgIpc) is 2.64. The van der Waals surface area contributed by atoms with Crippen molar-refractivity contribution >= 4 is 5.91 Å². The number of rotatable bonds is 3. The minimum atomic E-state index is -0.193. The van der Waals surface area contributed by atoms with Crippen LogP contribution in [0.25, 0.3) is 0 Å². The van der Waals surface area contributed by atoms with Crippen molar-refractivity contribution in [1.82, 2.24) is 10.2 Å². The molecule has 3 nitrogen and oxygen atoms in total. The Labute approximate surface area is 93.2 Å². The van der Waals surface area contributed by atoms with Gasteiger partial charge >= 0.3 is 0 Å². The molecule has 1 unspecified atom stereocenters. The Morgan fingerprint density at radius 1 is 1.53 bits per heavy atom. The number of carbonyl (C=O) groups excluding carboxylic acids is 1. The summed E-state index contributed by atoms with van der Waals surface area (Å²) in [5.74, 6) is 0.277. The van der Waals surface area contributed by atoms with E-state index in [1.165, 1.54) is 0 Å². The van der Waals surface area contributed by atoms with Crippen LogP contribution >= 0.6 is 0 Å². The molecule has 0 spiro atoms. The first-order valence-corrected chi connectivity index (χ1v) is 5.82. The molecule has 1 saturated heterocycles. The van der Waals surface area contributed by atoms with E-state index in [0.717, 1.165) is 25.9 Å². The van der Waals surface area contributed by atoms with E-state index >= 15 is 0 Å². The zero-order valence-corrected chi connectivity index (χ0v) is 10.7. The number of nitrogens with zero attached hydrogens (tertiary/aromatic N) is 1. The molecule has 0 saturated carbocycles. The van der Waals surface area contributed by atoms with Gasteiger partial charge in [-0.25, -0.2) is 0 Å². The summed E-state index contributed by atoms with van der Waals surface area (Å²) in [6, 6.07) is 0. The van der Waals surface area contributed by atoms with Crippen LogP contribution in [0.15, 0.2) is 0 Å². The number of carbonyl (C=O) groups is 1. The highest BCUT2D eigenvalue weighted by atomic mass is 16.2. The second kappa shape index (κ2) is 4.12. The summed E-state index contributed by atoms with van der Waals surface area (Å²) in [7, 11) is 1.93. The van der Waals surface area contributed by atoms with Gasteiger partial charge < -0.3 is 10.2 Å². The van der Waals surface area contributed by atoms with Crippen molar-refractivity contribution in [2.45, 2.75) is 46.1 Å². The van der Waals surface area contributed by atoms with Crippen LogP contribution < -0.4 is 5.32 Å². The molecular formula is C12H24N2O. The van der Waals surface area contributed by atoms with E-state index in [2.05, 4.69) is 33.0 Å². The Bertz CT molecular complexity index is 242. The van der Waals surface area contributed by atoms with Crippen LogP contribution in [-0.2, 0) is 4.79 Å². The van der Waals surface area contributed by atoms with Crippen LogP contribution in [0.3, 0.4) is 0 Å². The third-order valence-electron chi connectivity index (χ3n) is 3.96. The molecule has 1 rings (SSSR count). The summed E-state index contributed by atoms with van der Waals surface area (Å²) >= 11 is 0. The third kappa shape index (κ3) is 2.33. The second-order valence-electron chi connectivity index (χ2n) is 5.52. The van der Waals surface area contributed by atoms with Gasteiger partial charge in [-0.1, -0.05) is 6.92 Å². The van der Waals surface area contributed by atoms with Gasteiger partial charge in [0.2, 0.25) is 5.91 Å². The lowest BCUT2D eigenvalue weighted by Gasteiger charge is -2.39. The highest BCUT2D eigenvalue weighted by Crippen LogP contribution is 2.30. The minimum absolute atomic E-state index is 0.0390. The minimum Gasteiger partial charge on any atom is -0.340 e. The van der Waals surface area contributed by atoms with Gasteiger partial charge in [0.15, 0.2) is 0 Å². The zero-order valence-electron chi connectivity index (χ0n) is 10.7. The molecule has 15 heavy (non-hydrogen) atoms. The standard InChI is InChI=1S/C12H24N2O/c1-6-11(2,3)14(5)10(15)12(4)7-8-13-9-12/h13H,6-9H2,1-5H3. The van der Waals surface area contributed by atoms with Crippen LogP contribution in [0.4, 0.5) is 0 Å². The van der Waals surface area contributed by atoms with E-state index < -0.39 is 0 Å². The summed E-state index contributed by atoms with van der Waals surface area (Å²) in [6.07, 6.45) is 1.94. The van der Waals surface area contributed by atoms with Crippen molar-refractivity contribution in [3.63, 3.8) is 0 Å². The lowest BCUT2D eigenvalue weighted by Crippen LogP contribution is -2.51. The fraction of sp³-hybridized carbons (Fsp3) is 0.917. The Morgan fingerprint density at radius 2 is 2.13 bits per heavy atom. The van der Waals surface area contributed by atoms with E-state index in [1.54, 1.807) is 0 Å². The first-order valence-electron chi connectivity index (χ1n) is 5.82. The predicted octanol–water partition coefficient (Wildman–Crippen LogP) is 1.63. The van der Waals surface area contributed by atoms with Crippen LogP contribution in [-0.4, -0.2) is 36.5 Å². The van der Waals surface area contributed by atoms with Crippen LogP contribution in [0.1, 0.15) is 40.5 Å². The predicted molar refractivity (Wildman–Crippen MR) is 62.7 cm³/mol. The fourth-order valence-corrected chi connectivity index (χ4v) is 1.92. The molecule has 88 valence electrons. The van der Waals surface area contributed by atoms with Gasteiger partial charge in [-0.2, -0.15) is 0 Å². The topological polar surface area (TPSA) is 32.3 Å². The molecule has 1 heterocycles. The van der Waals surface area contributed by atoms with Crippen LogP contribution in [0.2, 0.25) is 0 Å². The van der Waals surface area contributed by atoms with Gasteiger partial charge in [0.05, 0.1) is 5.41 Å². The Kier molecular flexibility index (Phi) is 3.44. The molecule has 3 heteroatoms. The molecule has 0 radical (unpaired) electrons. The lowest BCUT2D eigenvalue weighted by atomic mass is 9.86. The molecule has 1 aliphatic heterocycles. The number of amides is 1. The summed E-state index contributed by atoms with van der Waals surface area (Å²) in [5, 5.41) is 3.27. The maximum absolute atomic E-state index is 12.4. The molecule has 1 atom stereocenters. The van der Waals surface area contributed by atoms with E-state index in [0.29, 0.717) is 0 Å². The molecule has 1 N–H and O–H groups in total. The summed E-state index contributed by atoms with van der Waals surface area (Å²) in [4.78, 5) is 14.3. The molecule has 0 aromatic carbocycles. The molecule has 0 aromatic heterocycles. The van der Waals surface area contributed by atoms with E-state index in [4.69, 9.17) is 0 Å². The van der Waals surface area contributed by atoms with E-state index in [-0.39, 0.29) is 16.9 Å². The zero-order chi connectivity index (χ0) is 11.7. The Hall–Kier alpha value is -0.570. The normalized spacial score (nSPS) is 26.7. The van der Waals surface area contributed by atoms with Crippen molar-refractivity contribution in [2.24, 2.45) is 5.41 Å². The van der Waals surface area contributed by atoms with Gasteiger partial charge in [0.1, 0.15) is 0 Å². The monoisotopic (exact) mass is 212 g/mol. The molecule has 1 amide bonds. The van der Waals surface area contributed by atoms with Crippen molar-refractivity contribution in [1.29, 1.82) is 0 Å². The second-order valence-corrected chi connectivity index (χ2v) is 5.52. The van der Waals surface area contributed by atoms with Crippen molar-refractivity contribution in [3.8, 4) is 0 Å². The highest BCUT2D eigenvalue weighted by molar-refractivity contribution is 5.83. The van der Waals surface area contributed by atoms with Gasteiger partial charge in [-0.3, -0.25) is 4.79 Å². The number of hydrogen-bond donors (Lipinski definition) is 1. The van der Waals surface area contributed by atoms with Crippen LogP contribution in [0, 0.1) is 5.41 Å². The van der Waals surface area contributed by atoms with Crippen molar-refractivity contribution in [3.05, 3.63) is 0 Å². The summed E-state index contributed by atoms with van der Waals surface area (Å²) in [5.41, 5.74) is -0.232. The number of hydrogen-bond acceptors (Lipinski definition) is 2. The maximum Gasteiger partial charge on any atom is 0.230 e. The van der Waals surface area contributed by atoms with Gasteiger partial charge in [-0.05, 0) is 40.2 Å². The first kappa shape index (κ1) is 12.5. The molecule has 1 aliphatic rings. The molecule has 1 fully saturated rings.